The van der Waals surface area contributed by atoms with Crippen LogP contribution in [-0.4, -0.2) is 34.2 Å². The van der Waals surface area contributed by atoms with Crippen molar-refractivity contribution >= 4 is 6.03 Å². The highest BCUT2D eigenvalue weighted by molar-refractivity contribution is 5.76. The van der Waals surface area contributed by atoms with E-state index in [-0.39, 0.29) is 18.1 Å². The predicted octanol–water partition coefficient (Wildman–Crippen LogP) is 3.31. The molecule has 1 aromatic carbocycles. The molecule has 2 amide bonds. The summed E-state index contributed by atoms with van der Waals surface area (Å²) in [7, 11) is 0. The van der Waals surface area contributed by atoms with Crippen LogP contribution in [0.3, 0.4) is 0 Å². The van der Waals surface area contributed by atoms with Gasteiger partial charge in [-0.2, -0.15) is 0 Å². The molecular formula is C19H24N2O3. The van der Waals surface area contributed by atoms with Crippen LogP contribution < -0.4 is 5.32 Å². The summed E-state index contributed by atoms with van der Waals surface area (Å²) in [5.41, 5.74) is 0.0422. The number of rotatable bonds is 4. The van der Waals surface area contributed by atoms with E-state index in [4.69, 9.17) is 4.42 Å². The third kappa shape index (κ3) is 3.46. The largest absolute Gasteiger partial charge is 0.467 e. The van der Waals surface area contributed by atoms with Crippen molar-refractivity contribution in [3.8, 4) is 0 Å². The van der Waals surface area contributed by atoms with Crippen molar-refractivity contribution in [2.75, 3.05) is 6.54 Å². The molecule has 1 aliphatic heterocycles. The van der Waals surface area contributed by atoms with Crippen molar-refractivity contribution < 1.29 is 14.3 Å². The molecule has 0 spiro atoms. The summed E-state index contributed by atoms with van der Waals surface area (Å²) in [6.07, 6.45) is 3.32. The molecule has 2 unspecified atom stereocenters. The number of amides is 2. The van der Waals surface area contributed by atoms with Crippen molar-refractivity contribution in [1.29, 1.82) is 0 Å². The number of hydrogen-bond acceptors (Lipinski definition) is 3. The van der Waals surface area contributed by atoms with E-state index >= 15 is 0 Å². The van der Waals surface area contributed by atoms with Gasteiger partial charge in [0.2, 0.25) is 0 Å². The summed E-state index contributed by atoms with van der Waals surface area (Å²) in [4.78, 5) is 14.6. The first kappa shape index (κ1) is 16.6. The van der Waals surface area contributed by atoms with Gasteiger partial charge in [0.1, 0.15) is 11.8 Å². The third-order valence-electron chi connectivity index (χ3n) is 4.56. The third-order valence-corrected chi connectivity index (χ3v) is 4.56. The second kappa shape index (κ2) is 6.69. The fourth-order valence-electron chi connectivity index (χ4n) is 3.37. The van der Waals surface area contributed by atoms with E-state index in [1.54, 1.807) is 25.0 Å². The summed E-state index contributed by atoms with van der Waals surface area (Å²) in [6, 6.07) is 12.7. The van der Waals surface area contributed by atoms with Gasteiger partial charge >= 0.3 is 6.03 Å². The Bertz CT molecular complexity index is 662. The van der Waals surface area contributed by atoms with Gasteiger partial charge in [-0.25, -0.2) is 4.79 Å². The first-order chi connectivity index (χ1) is 11.5. The van der Waals surface area contributed by atoms with Crippen LogP contribution in [0.4, 0.5) is 4.79 Å². The molecule has 2 heterocycles. The first-order valence-corrected chi connectivity index (χ1v) is 8.34. The Morgan fingerprint density at radius 2 is 2.04 bits per heavy atom. The fourth-order valence-corrected chi connectivity index (χ4v) is 3.37. The SMILES string of the molecule is CC(C)(O)C1CCCN1C(=O)NC(c1ccccc1)c1ccco1. The van der Waals surface area contributed by atoms with E-state index in [2.05, 4.69) is 5.32 Å². The Hall–Kier alpha value is -2.27. The second-order valence-corrected chi connectivity index (χ2v) is 6.81. The van der Waals surface area contributed by atoms with Gasteiger partial charge in [-0.3, -0.25) is 0 Å². The molecule has 0 saturated carbocycles. The minimum Gasteiger partial charge on any atom is -0.467 e. The molecule has 0 aliphatic carbocycles. The molecule has 1 fully saturated rings. The summed E-state index contributed by atoms with van der Waals surface area (Å²) in [5, 5.41) is 13.4. The maximum Gasteiger partial charge on any atom is 0.318 e. The molecule has 128 valence electrons. The molecule has 3 rings (SSSR count). The molecule has 2 aromatic rings. The number of hydrogen-bond donors (Lipinski definition) is 2. The molecule has 5 heteroatoms. The quantitative estimate of drug-likeness (QED) is 0.905. The minimum atomic E-state index is -0.916. The van der Waals surface area contributed by atoms with Gasteiger partial charge in [0, 0.05) is 6.54 Å². The van der Waals surface area contributed by atoms with Crippen LogP contribution in [0.25, 0.3) is 0 Å². The maximum atomic E-state index is 12.8. The highest BCUT2D eigenvalue weighted by atomic mass is 16.3. The molecule has 0 bridgehead atoms. The van der Waals surface area contributed by atoms with Crippen LogP contribution >= 0.6 is 0 Å². The number of benzene rings is 1. The average Bonchev–Trinajstić information content (AvgIpc) is 3.23. The standard InChI is InChI=1S/C19H24N2O3/c1-19(2,23)16-11-6-12-21(16)18(22)20-17(15-10-7-13-24-15)14-8-4-3-5-9-14/h3-5,7-10,13,16-17,23H,6,11-12H2,1-2H3,(H,20,22). The van der Waals surface area contributed by atoms with Gasteiger partial charge in [0.05, 0.1) is 17.9 Å². The van der Waals surface area contributed by atoms with Crippen molar-refractivity contribution in [3.05, 3.63) is 60.1 Å². The number of nitrogens with zero attached hydrogens (tertiary/aromatic N) is 1. The highest BCUT2D eigenvalue weighted by Crippen LogP contribution is 2.28. The van der Waals surface area contributed by atoms with Crippen molar-refractivity contribution in [1.82, 2.24) is 10.2 Å². The molecule has 24 heavy (non-hydrogen) atoms. The van der Waals surface area contributed by atoms with Gasteiger partial charge in [-0.1, -0.05) is 30.3 Å². The Morgan fingerprint density at radius 3 is 2.67 bits per heavy atom. The zero-order valence-electron chi connectivity index (χ0n) is 14.1. The molecule has 1 saturated heterocycles. The van der Waals surface area contributed by atoms with Crippen molar-refractivity contribution in [2.24, 2.45) is 0 Å². The predicted molar refractivity (Wildman–Crippen MR) is 91.6 cm³/mol. The summed E-state index contributed by atoms with van der Waals surface area (Å²) < 4.78 is 5.53. The number of nitrogens with one attached hydrogen (secondary N) is 1. The van der Waals surface area contributed by atoms with E-state index < -0.39 is 5.60 Å². The molecule has 1 aromatic heterocycles. The smallest absolute Gasteiger partial charge is 0.318 e. The lowest BCUT2D eigenvalue weighted by atomic mass is 9.97. The maximum absolute atomic E-state index is 12.8. The lowest BCUT2D eigenvalue weighted by molar-refractivity contribution is 0.00953. The number of furan rings is 1. The molecule has 5 nitrogen and oxygen atoms in total. The highest BCUT2D eigenvalue weighted by Gasteiger charge is 2.39. The lowest BCUT2D eigenvalue weighted by Gasteiger charge is -2.34. The second-order valence-electron chi connectivity index (χ2n) is 6.81. The number of aliphatic hydroxyl groups is 1. The van der Waals surface area contributed by atoms with Gasteiger partial charge in [-0.05, 0) is 44.4 Å². The van der Waals surface area contributed by atoms with Gasteiger partial charge in [0.25, 0.3) is 0 Å². The monoisotopic (exact) mass is 328 g/mol. The van der Waals surface area contributed by atoms with Gasteiger partial charge in [-0.15, -0.1) is 0 Å². The normalized spacial score (nSPS) is 19.3. The molecular weight excluding hydrogens is 304 g/mol. The molecule has 0 radical (unpaired) electrons. The average molecular weight is 328 g/mol. The Morgan fingerprint density at radius 1 is 1.29 bits per heavy atom. The Balaban J connectivity index is 1.82. The number of carbonyl (C=O) groups excluding carboxylic acids is 1. The van der Waals surface area contributed by atoms with Crippen LogP contribution in [-0.2, 0) is 0 Å². The first-order valence-electron chi connectivity index (χ1n) is 8.34. The van der Waals surface area contributed by atoms with Crippen molar-refractivity contribution in [3.63, 3.8) is 0 Å². The molecule has 2 N–H and O–H groups in total. The number of likely N-dealkylation sites (tertiary alicyclic amines) is 1. The van der Waals surface area contributed by atoms with E-state index in [0.29, 0.717) is 12.3 Å². The van der Waals surface area contributed by atoms with Crippen LogP contribution in [0.2, 0.25) is 0 Å². The van der Waals surface area contributed by atoms with Crippen molar-refractivity contribution in [2.45, 2.75) is 44.4 Å². The fraction of sp³-hybridized carbons (Fsp3) is 0.421. The van der Waals surface area contributed by atoms with Crippen LogP contribution in [0.1, 0.15) is 44.1 Å². The van der Waals surface area contributed by atoms with E-state index in [1.165, 1.54) is 0 Å². The Labute approximate surface area is 142 Å². The zero-order chi connectivity index (χ0) is 17.2. The van der Waals surface area contributed by atoms with Crippen LogP contribution in [0.5, 0.6) is 0 Å². The van der Waals surface area contributed by atoms with E-state index in [1.807, 2.05) is 42.5 Å². The molecule has 1 aliphatic rings. The van der Waals surface area contributed by atoms with Gasteiger partial charge in [0.15, 0.2) is 0 Å². The topological polar surface area (TPSA) is 65.7 Å². The van der Waals surface area contributed by atoms with Crippen LogP contribution in [0, 0.1) is 0 Å². The minimum absolute atomic E-state index is 0.175. The van der Waals surface area contributed by atoms with E-state index in [9.17, 15) is 9.90 Å². The zero-order valence-corrected chi connectivity index (χ0v) is 14.1. The summed E-state index contributed by atoms with van der Waals surface area (Å²) in [6.45, 7) is 4.16. The van der Waals surface area contributed by atoms with E-state index in [0.717, 1.165) is 18.4 Å². The lowest BCUT2D eigenvalue weighted by Crippen LogP contribution is -2.52. The summed E-state index contributed by atoms with van der Waals surface area (Å²) >= 11 is 0. The Kier molecular flexibility index (Phi) is 4.62. The number of carbonyl (C=O) groups is 1. The molecule has 2 atom stereocenters. The number of urea groups is 1. The summed E-state index contributed by atoms with van der Waals surface area (Å²) in [5.74, 6) is 0.688. The van der Waals surface area contributed by atoms with Gasteiger partial charge < -0.3 is 19.7 Å². The van der Waals surface area contributed by atoms with Crippen LogP contribution in [0.15, 0.2) is 53.1 Å².